The van der Waals surface area contributed by atoms with Gasteiger partial charge in [-0.05, 0) is 59.0 Å². The number of benzene rings is 3. The van der Waals surface area contributed by atoms with Gasteiger partial charge in [-0.3, -0.25) is 0 Å². The zero-order valence-electron chi connectivity index (χ0n) is 18.1. The first-order chi connectivity index (χ1) is 15.6. The summed E-state index contributed by atoms with van der Waals surface area (Å²) in [5.41, 5.74) is 13.3. The van der Waals surface area contributed by atoms with Crippen molar-refractivity contribution < 1.29 is 9.13 Å². The van der Waals surface area contributed by atoms with Gasteiger partial charge in [0, 0.05) is 24.9 Å². The number of halogens is 1. The molecule has 0 radical (unpaired) electrons. The lowest BCUT2D eigenvalue weighted by Crippen LogP contribution is -2.36. The topological polar surface area (TPSA) is 51.4 Å². The number of hydrogen-bond acceptors (Lipinski definition) is 4. The fourth-order valence-electron chi connectivity index (χ4n) is 4.53. The van der Waals surface area contributed by atoms with E-state index in [1.165, 1.54) is 6.07 Å². The Bertz CT molecular complexity index is 1280. The van der Waals surface area contributed by atoms with E-state index in [2.05, 4.69) is 47.1 Å². The molecule has 0 bridgehead atoms. The van der Waals surface area contributed by atoms with Gasteiger partial charge >= 0.3 is 0 Å². The maximum atomic E-state index is 14.3. The van der Waals surface area contributed by atoms with Crippen LogP contribution in [-0.4, -0.2) is 31.3 Å². The molecule has 3 aromatic carbocycles. The summed E-state index contributed by atoms with van der Waals surface area (Å²) in [6.45, 7) is 5.11. The Morgan fingerprint density at radius 3 is 2.56 bits per heavy atom. The second-order valence-corrected chi connectivity index (χ2v) is 8.28. The predicted octanol–water partition coefficient (Wildman–Crippen LogP) is 5.36. The number of nitrogens with zero attached hydrogens (tertiary/aromatic N) is 2. The van der Waals surface area contributed by atoms with Crippen LogP contribution in [0.4, 0.5) is 15.9 Å². The van der Waals surface area contributed by atoms with Crippen LogP contribution < -0.4 is 10.6 Å². The lowest BCUT2D eigenvalue weighted by molar-refractivity contribution is 0.123. The van der Waals surface area contributed by atoms with E-state index in [-0.39, 0.29) is 5.82 Å². The van der Waals surface area contributed by atoms with Gasteiger partial charge < -0.3 is 15.4 Å². The minimum Gasteiger partial charge on any atom is -0.382 e. The van der Waals surface area contributed by atoms with Gasteiger partial charge in [0.05, 0.1) is 24.4 Å². The molecule has 0 saturated carbocycles. The number of anilines is 2. The van der Waals surface area contributed by atoms with Gasteiger partial charge in [-0.2, -0.15) is 0 Å². The number of aromatic nitrogens is 1. The quantitative estimate of drug-likeness (QED) is 0.476. The number of nitrogen functional groups attached to an aromatic ring is 1. The molecule has 32 heavy (non-hydrogen) atoms. The number of pyridine rings is 1. The minimum absolute atomic E-state index is 0.173. The fourth-order valence-corrected chi connectivity index (χ4v) is 4.53. The van der Waals surface area contributed by atoms with Crippen molar-refractivity contribution in [3.63, 3.8) is 0 Å². The Hall–Kier alpha value is -3.44. The van der Waals surface area contributed by atoms with E-state index in [0.29, 0.717) is 31.0 Å². The summed E-state index contributed by atoms with van der Waals surface area (Å²) in [5.74, 6) is 0.372. The Morgan fingerprint density at radius 1 is 0.969 bits per heavy atom. The molecule has 1 aromatic heterocycles. The molecule has 2 N–H and O–H groups in total. The lowest BCUT2D eigenvalue weighted by atomic mass is 9.90. The van der Waals surface area contributed by atoms with Crippen molar-refractivity contribution in [2.45, 2.75) is 13.3 Å². The van der Waals surface area contributed by atoms with E-state index in [4.69, 9.17) is 10.5 Å². The largest absolute Gasteiger partial charge is 0.382 e. The second kappa shape index (κ2) is 8.60. The van der Waals surface area contributed by atoms with E-state index in [9.17, 15) is 4.39 Å². The highest BCUT2D eigenvalue weighted by Gasteiger charge is 2.17. The third-order valence-corrected chi connectivity index (χ3v) is 6.16. The highest BCUT2D eigenvalue weighted by atomic mass is 19.1. The van der Waals surface area contributed by atoms with Crippen molar-refractivity contribution in [1.82, 2.24) is 4.98 Å². The van der Waals surface area contributed by atoms with Crippen molar-refractivity contribution in [2.24, 2.45) is 0 Å². The molecule has 0 atom stereocenters. The van der Waals surface area contributed by atoms with E-state index in [1.807, 2.05) is 24.3 Å². The SMILES string of the molecule is Cc1cccc(Cc2ccccc2F)c1-c1ccc2nc(N)c(N3CCOCC3)cc2c1. The predicted molar refractivity (Wildman–Crippen MR) is 129 cm³/mol. The van der Waals surface area contributed by atoms with E-state index >= 15 is 0 Å². The van der Waals surface area contributed by atoms with Crippen LogP contribution in [0.2, 0.25) is 0 Å². The van der Waals surface area contributed by atoms with Gasteiger partial charge in [-0.25, -0.2) is 9.37 Å². The molecule has 5 heteroatoms. The van der Waals surface area contributed by atoms with Gasteiger partial charge in [0.1, 0.15) is 11.6 Å². The molecule has 4 aromatic rings. The summed E-state index contributed by atoms with van der Waals surface area (Å²) >= 11 is 0. The molecule has 0 unspecified atom stereocenters. The van der Waals surface area contributed by atoms with Gasteiger partial charge in [-0.1, -0.05) is 42.5 Å². The standard InChI is InChI=1S/C27H26FN3O/c1-18-5-4-7-20(15-19-6-2-3-8-23(19)28)26(18)21-9-10-24-22(16-21)17-25(27(29)30-24)31-11-13-32-14-12-31/h2-10,16-17H,11-15H2,1H3,(H2,29,30). The zero-order valence-corrected chi connectivity index (χ0v) is 18.1. The molecule has 5 rings (SSSR count). The third-order valence-electron chi connectivity index (χ3n) is 6.16. The van der Waals surface area contributed by atoms with Crippen LogP contribution in [0.5, 0.6) is 0 Å². The summed E-state index contributed by atoms with van der Waals surface area (Å²) in [7, 11) is 0. The number of rotatable bonds is 4. The second-order valence-electron chi connectivity index (χ2n) is 8.28. The maximum absolute atomic E-state index is 14.3. The Morgan fingerprint density at radius 2 is 1.75 bits per heavy atom. The van der Waals surface area contributed by atoms with Gasteiger partial charge in [0.2, 0.25) is 0 Å². The number of nitrogens with two attached hydrogens (primary N) is 1. The lowest BCUT2D eigenvalue weighted by Gasteiger charge is -2.29. The fraction of sp³-hybridized carbons (Fsp3) is 0.222. The van der Waals surface area contributed by atoms with Crippen LogP contribution in [0.1, 0.15) is 16.7 Å². The normalized spacial score (nSPS) is 14.1. The highest BCUT2D eigenvalue weighted by Crippen LogP contribution is 2.34. The number of morpholine rings is 1. The third kappa shape index (κ3) is 3.92. The van der Waals surface area contributed by atoms with E-state index in [0.717, 1.165) is 51.9 Å². The molecule has 162 valence electrons. The van der Waals surface area contributed by atoms with Crippen LogP contribution in [0.15, 0.2) is 66.7 Å². The molecule has 1 aliphatic heterocycles. The molecule has 2 heterocycles. The molecule has 1 fully saturated rings. The summed E-state index contributed by atoms with van der Waals surface area (Å²) < 4.78 is 19.8. The van der Waals surface area contributed by atoms with Crippen LogP contribution in [-0.2, 0) is 11.2 Å². The summed E-state index contributed by atoms with van der Waals surface area (Å²) in [6.07, 6.45) is 0.542. The van der Waals surface area contributed by atoms with Crippen LogP contribution >= 0.6 is 0 Å². The Balaban J connectivity index is 1.59. The van der Waals surface area contributed by atoms with Gasteiger partial charge in [0.25, 0.3) is 0 Å². The Kier molecular flexibility index (Phi) is 5.50. The molecular weight excluding hydrogens is 401 g/mol. The zero-order chi connectivity index (χ0) is 22.1. The summed E-state index contributed by atoms with van der Waals surface area (Å²) in [6, 6.07) is 21.6. The average Bonchev–Trinajstić information content (AvgIpc) is 2.81. The van der Waals surface area contributed by atoms with Crippen molar-refractivity contribution in [3.05, 3.63) is 89.2 Å². The molecule has 4 nitrogen and oxygen atoms in total. The van der Waals surface area contributed by atoms with Crippen LogP contribution in [0.25, 0.3) is 22.0 Å². The van der Waals surface area contributed by atoms with E-state index < -0.39 is 0 Å². The smallest absolute Gasteiger partial charge is 0.147 e. The van der Waals surface area contributed by atoms with Gasteiger partial charge in [0.15, 0.2) is 0 Å². The highest BCUT2D eigenvalue weighted by molar-refractivity contribution is 5.90. The molecule has 0 spiro atoms. The number of hydrogen-bond donors (Lipinski definition) is 1. The molecule has 0 amide bonds. The van der Waals surface area contributed by atoms with Crippen molar-refractivity contribution in [3.8, 4) is 11.1 Å². The first kappa shape index (κ1) is 20.5. The molecule has 1 aliphatic rings. The first-order valence-corrected chi connectivity index (χ1v) is 11.0. The van der Waals surface area contributed by atoms with Crippen LogP contribution in [0.3, 0.4) is 0 Å². The minimum atomic E-state index is -0.173. The maximum Gasteiger partial charge on any atom is 0.147 e. The van der Waals surface area contributed by atoms with Gasteiger partial charge in [-0.15, -0.1) is 0 Å². The monoisotopic (exact) mass is 427 g/mol. The first-order valence-electron chi connectivity index (χ1n) is 11.0. The van der Waals surface area contributed by atoms with Crippen LogP contribution in [0, 0.1) is 12.7 Å². The van der Waals surface area contributed by atoms with Crippen molar-refractivity contribution in [2.75, 3.05) is 36.9 Å². The summed E-state index contributed by atoms with van der Waals surface area (Å²) in [4.78, 5) is 6.89. The molecule has 0 aliphatic carbocycles. The summed E-state index contributed by atoms with van der Waals surface area (Å²) in [5, 5.41) is 1.04. The Labute approximate surface area is 187 Å². The number of ether oxygens (including phenoxy) is 1. The van der Waals surface area contributed by atoms with E-state index in [1.54, 1.807) is 6.07 Å². The van der Waals surface area contributed by atoms with Crippen molar-refractivity contribution in [1.29, 1.82) is 0 Å². The molecular formula is C27H26FN3O. The van der Waals surface area contributed by atoms with Crippen molar-refractivity contribution >= 4 is 22.4 Å². The number of fused-ring (bicyclic) bond motifs is 1. The average molecular weight is 428 g/mol. The number of aryl methyl sites for hydroxylation is 1. The molecule has 1 saturated heterocycles.